The number of hydrogen-bond donors (Lipinski definition) is 1. The maximum Gasteiger partial charge on any atom is 0.0650 e. The van der Waals surface area contributed by atoms with Crippen molar-refractivity contribution < 1.29 is 4.74 Å². The molecule has 0 heterocycles. The molecule has 0 aromatic carbocycles. The van der Waals surface area contributed by atoms with E-state index in [2.05, 4.69) is 38.2 Å². The van der Waals surface area contributed by atoms with Crippen molar-refractivity contribution in [3.05, 3.63) is 23.3 Å². The van der Waals surface area contributed by atoms with E-state index in [9.17, 15) is 0 Å². The molecule has 0 radical (unpaired) electrons. The molecule has 4 aliphatic rings. The monoisotopic (exact) mass is 331 g/mol. The third kappa shape index (κ3) is 4.95. The number of nitrogens with one attached hydrogen (secondary N) is 1. The first-order valence-corrected chi connectivity index (χ1v) is 10.2. The summed E-state index contributed by atoms with van der Waals surface area (Å²) in [6.07, 6.45) is 14.4. The van der Waals surface area contributed by atoms with Gasteiger partial charge >= 0.3 is 0 Å². The molecule has 1 N–H and O–H groups in total. The smallest absolute Gasteiger partial charge is 0.0650 e. The van der Waals surface area contributed by atoms with Gasteiger partial charge < -0.3 is 10.1 Å². The van der Waals surface area contributed by atoms with Crippen LogP contribution in [0.4, 0.5) is 0 Å². The van der Waals surface area contributed by atoms with E-state index in [4.69, 9.17) is 4.74 Å². The van der Waals surface area contributed by atoms with Gasteiger partial charge in [0.15, 0.2) is 0 Å². The summed E-state index contributed by atoms with van der Waals surface area (Å²) >= 11 is 0. The normalized spacial score (nSPS) is 34.6. The Bertz CT molecular complexity index is 433. The summed E-state index contributed by atoms with van der Waals surface area (Å²) in [5.74, 6) is 4.08. The molecule has 4 saturated carbocycles. The Morgan fingerprint density at radius 2 is 1.62 bits per heavy atom. The van der Waals surface area contributed by atoms with Gasteiger partial charge in [-0.05, 0) is 89.4 Å². The molecule has 0 aromatic rings. The molecule has 4 aliphatic carbocycles. The van der Waals surface area contributed by atoms with Crippen molar-refractivity contribution in [3.8, 4) is 0 Å². The fourth-order valence-corrected chi connectivity index (χ4v) is 5.53. The van der Waals surface area contributed by atoms with Crippen LogP contribution in [0.25, 0.3) is 0 Å². The molecule has 0 spiro atoms. The Labute approximate surface area is 149 Å². The van der Waals surface area contributed by atoms with Gasteiger partial charge in [0, 0.05) is 12.6 Å². The van der Waals surface area contributed by atoms with Gasteiger partial charge in [0.05, 0.1) is 13.2 Å². The molecule has 4 fully saturated rings. The molecule has 2 nitrogen and oxygen atoms in total. The Morgan fingerprint density at radius 3 is 2.25 bits per heavy atom. The van der Waals surface area contributed by atoms with Gasteiger partial charge in [0.25, 0.3) is 0 Å². The SMILES string of the molecule is CC(C)=CCC/C(C)=C/COCCNC1C2CC3CC(C2)CC1C3. The Morgan fingerprint density at radius 1 is 0.958 bits per heavy atom. The molecule has 4 rings (SSSR count). The van der Waals surface area contributed by atoms with Crippen LogP contribution in [0.2, 0.25) is 0 Å². The third-order valence-corrected chi connectivity index (χ3v) is 6.49. The van der Waals surface area contributed by atoms with Gasteiger partial charge in [-0.1, -0.05) is 23.3 Å². The average Bonchev–Trinajstić information content (AvgIpc) is 2.51. The van der Waals surface area contributed by atoms with Crippen molar-refractivity contribution in [2.45, 2.75) is 71.8 Å². The van der Waals surface area contributed by atoms with Crippen molar-refractivity contribution >= 4 is 0 Å². The predicted octanol–water partition coefficient (Wildman–Crippen LogP) is 5.11. The molecule has 0 aliphatic heterocycles. The van der Waals surface area contributed by atoms with Crippen LogP contribution in [0, 0.1) is 23.7 Å². The van der Waals surface area contributed by atoms with Crippen molar-refractivity contribution in [2.75, 3.05) is 19.8 Å². The maximum absolute atomic E-state index is 5.82. The fourth-order valence-electron chi connectivity index (χ4n) is 5.53. The summed E-state index contributed by atoms with van der Waals surface area (Å²) in [6, 6.07) is 0.794. The number of rotatable bonds is 9. The summed E-state index contributed by atoms with van der Waals surface area (Å²) in [5.41, 5.74) is 2.86. The van der Waals surface area contributed by atoms with E-state index in [1.807, 2.05) is 0 Å². The summed E-state index contributed by atoms with van der Waals surface area (Å²) in [7, 11) is 0. The molecule has 0 saturated heterocycles. The highest BCUT2D eigenvalue weighted by atomic mass is 16.5. The lowest BCUT2D eigenvalue weighted by Crippen LogP contribution is -2.55. The highest BCUT2D eigenvalue weighted by Crippen LogP contribution is 2.53. The molecular formula is C22H37NO. The van der Waals surface area contributed by atoms with Gasteiger partial charge in [0.2, 0.25) is 0 Å². The number of allylic oxidation sites excluding steroid dienone is 3. The Hall–Kier alpha value is -0.600. The second kappa shape index (κ2) is 8.67. The van der Waals surface area contributed by atoms with Crippen LogP contribution in [-0.2, 0) is 4.74 Å². The molecule has 4 bridgehead atoms. The molecular weight excluding hydrogens is 294 g/mol. The predicted molar refractivity (Wildman–Crippen MR) is 102 cm³/mol. The van der Waals surface area contributed by atoms with Gasteiger partial charge in [-0.25, -0.2) is 0 Å². The van der Waals surface area contributed by atoms with Crippen LogP contribution in [0.5, 0.6) is 0 Å². The lowest BCUT2D eigenvalue weighted by Gasteiger charge is -2.54. The van der Waals surface area contributed by atoms with Gasteiger partial charge in [-0.3, -0.25) is 0 Å². The highest BCUT2D eigenvalue weighted by Gasteiger charge is 2.47. The fraction of sp³-hybridized carbons (Fsp3) is 0.818. The van der Waals surface area contributed by atoms with Crippen molar-refractivity contribution in [1.82, 2.24) is 5.32 Å². The second-order valence-electron chi connectivity index (χ2n) is 8.86. The summed E-state index contributed by atoms with van der Waals surface area (Å²) in [5, 5.41) is 3.85. The van der Waals surface area contributed by atoms with E-state index in [-0.39, 0.29) is 0 Å². The molecule has 2 heteroatoms. The molecule has 24 heavy (non-hydrogen) atoms. The maximum atomic E-state index is 5.82. The van der Waals surface area contributed by atoms with Crippen LogP contribution in [-0.4, -0.2) is 25.8 Å². The lowest BCUT2D eigenvalue weighted by molar-refractivity contribution is -0.0156. The van der Waals surface area contributed by atoms with Crippen LogP contribution in [0.15, 0.2) is 23.3 Å². The Balaban J connectivity index is 1.27. The van der Waals surface area contributed by atoms with E-state index in [0.717, 1.165) is 62.3 Å². The van der Waals surface area contributed by atoms with Crippen molar-refractivity contribution in [1.29, 1.82) is 0 Å². The Kier molecular flexibility index (Phi) is 6.57. The van der Waals surface area contributed by atoms with Crippen molar-refractivity contribution in [3.63, 3.8) is 0 Å². The van der Waals surface area contributed by atoms with E-state index in [1.165, 1.54) is 36.8 Å². The number of hydrogen-bond acceptors (Lipinski definition) is 2. The quantitative estimate of drug-likeness (QED) is 0.468. The minimum Gasteiger partial charge on any atom is -0.376 e. The minimum atomic E-state index is 0.768. The zero-order valence-corrected chi connectivity index (χ0v) is 16.0. The summed E-state index contributed by atoms with van der Waals surface area (Å²) in [6.45, 7) is 9.19. The standard InChI is InChI=1S/C22H37NO/c1-16(2)5-4-6-17(3)7-9-24-10-8-23-22-20-12-18-11-19(14-20)15-21(22)13-18/h5,7,18-23H,4,6,8-15H2,1-3H3/b17-7+. The highest BCUT2D eigenvalue weighted by molar-refractivity contribution is 5.03. The topological polar surface area (TPSA) is 21.3 Å². The first-order valence-electron chi connectivity index (χ1n) is 10.2. The van der Waals surface area contributed by atoms with Gasteiger partial charge in [0.1, 0.15) is 0 Å². The van der Waals surface area contributed by atoms with Crippen LogP contribution in [0.3, 0.4) is 0 Å². The van der Waals surface area contributed by atoms with Gasteiger partial charge in [-0.2, -0.15) is 0 Å². The summed E-state index contributed by atoms with van der Waals surface area (Å²) in [4.78, 5) is 0. The lowest BCUT2D eigenvalue weighted by atomic mass is 9.54. The molecule has 0 amide bonds. The van der Waals surface area contributed by atoms with Crippen LogP contribution >= 0.6 is 0 Å². The van der Waals surface area contributed by atoms with Crippen molar-refractivity contribution in [2.24, 2.45) is 23.7 Å². The molecule has 0 atom stereocenters. The minimum absolute atomic E-state index is 0.768. The molecule has 0 aromatic heterocycles. The van der Waals surface area contributed by atoms with E-state index < -0.39 is 0 Å². The second-order valence-corrected chi connectivity index (χ2v) is 8.86. The van der Waals surface area contributed by atoms with E-state index in [1.54, 1.807) is 6.42 Å². The zero-order valence-electron chi connectivity index (χ0n) is 16.0. The zero-order chi connectivity index (χ0) is 16.9. The van der Waals surface area contributed by atoms with E-state index >= 15 is 0 Å². The number of ether oxygens (including phenoxy) is 1. The van der Waals surface area contributed by atoms with E-state index in [0.29, 0.717) is 0 Å². The summed E-state index contributed by atoms with van der Waals surface area (Å²) < 4.78 is 5.82. The molecule has 136 valence electrons. The third-order valence-electron chi connectivity index (χ3n) is 6.49. The average molecular weight is 332 g/mol. The van der Waals surface area contributed by atoms with Gasteiger partial charge in [-0.15, -0.1) is 0 Å². The first-order chi connectivity index (χ1) is 11.6. The first kappa shape index (κ1) is 18.2. The van der Waals surface area contributed by atoms with Crippen LogP contribution < -0.4 is 5.32 Å². The largest absolute Gasteiger partial charge is 0.376 e. The van der Waals surface area contributed by atoms with Crippen LogP contribution in [0.1, 0.15) is 65.7 Å². The molecule has 0 unspecified atom stereocenters.